The van der Waals surface area contributed by atoms with E-state index in [0.717, 1.165) is 56.2 Å². The molecule has 0 saturated heterocycles. The van der Waals surface area contributed by atoms with Gasteiger partial charge >= 0.3 is 0 Å². The van der Waals surface area contributed by atoms with Crippen molar-refractivity contribution in [3.8, 4) is 80.0 Å². The molecular formula is C64H56N6O. The largest absolute Gasteiger partial charge is 0.457 e. The third-order valence-corrected chi connectivity index (χ3v) is 13.5. The van der Waals surface area contributed by atoms with E-state index < -0.39 is 0 Å². The highest BCUT2D eigenvalue weighted by Gasteiger charge is 2.26. The van der Waals surface area contributed by atoms with Crippen LogP contribution in [0, 0.1) is 22.7 Å². The van der Waals surface area contributed by atoms with E-state index >= 15 is 0 Å². The van der Waals surface area contributed by atoms with Crippen molar-refractivity contribution in [3.63, 3.8) is 0 Å². The van der Waals surface area contributed by atoms with Crippen molar-refractivity contribution < 1.29 is 4.74 Å². The molecule has 0 atom stereocenters. The molecule has 0 N–H and O–H groups in total. The predicted octanol–water partition coefficient (Wildman–Crippen LogP) is 17.1. The first kappa shape index (κ1) is 46.2. The number of fused-ring (bicyclic) bond motifs is 2. The van der Waals surface area contributed by atoms with E-state index in [1.54, 1.807) is 0 Å². The summed E-state index contributed by atoms with van der Waals surface area (Å²) in [5, 5.41) is 20.3. The number of hydrogen-bond acceptors (Lipinski definition) is 5. The van der Waals surface area contributed by atoms with Crippen LogP contribution in [0.2, 0.25) is 0 Å². The van der Waals surface area contributed by atoms with Crippen LogP contribution in [0.25, 0.3) is 78.5 Å². The van der Waals surface area contributed by atoms with Gasteiger partial charge in [0.2, 0.25) is 0 Å². The Balaban J connectivity index is 1.11. The van der Waals surface area contributed by atoms with Crippen molar-refractivity contribution in [2.45, 2.75) is 79.1 Å². The number of aromatic nitrogens is 4. The summed E-state index contributed by atoms with van der Waals surface area (Å²) in [7, 11) is 0. The molecule has 0 saturated carbocycles. The predicted molar refractivity (Wildman–Crippen MR) is 290 cm³/mol. The molecule has 0 spiro atoms. The number of ether oxygens (including phenoxy) is 1. The van der Waals surface area contributed by atoms with Crippen molar-refractivity contribution in [2.75, 3.05) is 0 Å². The summed E-state index contributed by atoms with van der Waals surface area (Å²) in [6.07, 6.45) is 0. The van der Waals surface area contributed by atoms with Gasteiger partial charge in [0.1, 0.15) is 23.1 Å². The maximum atomic E-state index is 10.1. The quantitative estimate of drug-likeness (QED) is 0.122. The average Bonchev–Trinajstić information content (AvgIpc) is 3.96. The van der Waals surface area contributed by atoms with Crippen LogP contribution in [-0.4, -0.2) is 19.1 Å². The zero-order valence-electron chi connectivity index (χ0n) is 41.6. The standard InChI is InChI=1S/C64H56N6O/c1-39(2)53-33-49(45-17-11-9-12-18-45)34-54(40(3)4)61(53)69-59-29-43(37-65)25-27-57(59)67-63(69)47-21-15-23-51(31-47)71-52-24-16-22-48(32-52)64-68-58-28-26-44(38-66)30-60(58)70(64)62-55(41(5)6)35-50(36-56(62)42(7)8)46-19-13-10-14-20-46/h9-36,39-42H,1-8H3. The molecule has 8 aromatic carbocycles. The summed E-state index contributed by atoms with van der Waals surface area (Å²) < 4.78 is 11.4. The molecule has 348 valence electrons. The van der Waals surface area contributed by atoms with Gasteiger partial charge < -0.3 is 4.74 Å². The first-order valence-corrected chi connectivity index (χ1v) is 24.6. The summed E-state index contributed by atoms with van der Waals surface area (Å²) in [5.41, 5.74) is 17.9. The van der Waals surface area contributed by atoms with Crippen LogP contribution < -0.4 is 4.74 Å². The minimum atomic E-state index is 0.182. The Labute approximate surface area is 416 Å². The molecule has 0 bridgehead atoms. The topological polar surface area (TPSA) is 92.4 Å². The fourth-order valence-electron chi connectivity index (χ4n) is 9.89. The molecular weight excluding hydrogens is 869 g/mol. The summed E-state index contributed by atoms with van der Waals surface area (Å²) in [5.74, 6) is 3.55. The Bertz CT molecular complexity index is 3410. The number of nitrogens with zero attached hydrogens (tertiary/aromatic N) is 6. The molecule has 0 aliphatic rings. The fourth-order valence-corrected chi connectivity index (χ4v) is 9.89. The zero-order chi connectivity index (χ0) is 49.5. The Kier molecular flexibility index (Phi) is 12.4. The Hall–Kier alpha value is -8.52. The number of rotatable bonds is 12. The lowest BCUT2D eigenvalue weighted by molar-refractivity contribution is 0.483. The molecule has 10 rings (SSSR count). The van der Waals surface area contributed by atoms with E-state index in [1.165, 1.54) is 44.5 Å². The van der Waals surface area contributed by atoms with Crippen molar-refractivity contribution >= 4 is 22.1 Å². The van der Waals surface area contributed by atoms with Crippen LogP contribution in [0.3, 0.4) is 0 Å². The second kappa shape index (κ2) is 19.1. The minimum absolute atomic E-state index is 0.182. The zero-order valence-corrected chi connectivity index (χ0v) is 41.6. The maximum absolute atomic E-state index is 10.1. The lowest BCUT2D eigenvalue weighted by Crippen LogP contribution is -2.09. The second-order valence-electron chi connectivity index (χ2n) is 19.7. The Morgan fingerprint density at radius 2 is 0.732 bits per heavy atom. The van der Waals surface area contributed by atoms with Crippen LogP contribution in [0.15, 0.2) is 170 Å². The molecule has 71 heavy (non-hydrogen) atoms. The summed E-state index contributed by atoms with van der Waals surface area (Å²) in [6, 6.07) is 62.8. The third-order valence-electron chi connectivity index (χ3n) is 13.5. The highest BCUT2D eigenvalue weighted by Crippen LogP contribution is 2.43. The van der Waals surface area contributed by atoms with Crippen molar-refractivity contribution in [1.29, 1.82) is 10.5 Å². The molecule has 0 aliphatic carbocycles. The van der Waals surface area contributed by atoms with Crippen LogP contribution in [0.1, 0.15) is 112 Å². The molecule has 2 aromatic heterocycles. The lowest BCUT2D eigenvalue weighted by Gasteiger charge is -2.24. The molecule has 0 amide bonds. The summed E-state index contributed by atoms with van der Waals surface area (Å²) in [6.45, 7) is 17.9. The van der Waals surface area contributed by atoms with E-state index in [2.05, 4.69) is 186 Å². The molecule has 7 heteroatoms. The fraction of sp³-hybridized carbons (Fsp3) is 0.188. The highest BCUT2D eigenvalue weighted by atomic mass is 16.5. The molecule has 7 nitrogen and oxygen atoms in total. The summed E-state index contributed by atoms with van der Waals surface area (Å²) in [4.78, 5) is 10.6. The molecule has 0 radical (unpaired) electrons. The molecule has 0 aliphatic heterocycles. The van der Waals surface area contributed by atoms with Gasteiger partial charge in [0.05, 0.1) is 56.7 Å². The van der Waals surface area contributed by atoms with Gasteiger partial charge in [-0.05, 0) is 153 Å². The van der Waals surface area contributed by atoms with Crippen molar-refractivity contribution in [1.82, 2.24) is 19.1 Å². The van der Waals surface area contributed by atoms with E-state index in [0.29, 0.717) is 22.6 Å². The molecule has 0 unspecified atom stereocenters. The third kappa shape index (κ3) is 8.77. The van der Waals surface area contributed by atoms with Gasteiger partial charge in [-0.3, -0.25) is 9.13 Å². The van der Waals surface area contributed by atoms with Gasteiger partial charge in [-0.15, -0.1) is 0 Å². The molecule has 2 heterocycles. The summed E-state index contributed by atoms with van der Waals surface area (Å²) >= 11 is 0. The van der Waals surface area contributed by atoms with Gasteiger partial charge in [-0.1, -0.05) is 140 Å². The molecule has 10 aromatic rings. The average molecular weight is 925 g/mol. The SMILES string of the molecule is CC(C)c1cc(-c2ccccc2)cc(C(C)C)c1-n1c(-c2cccc(Oc3cccc(-c4nc5ccc(C#N)cc5n4-c4c(C(C)C)cc(-c5ccccc5)cc4C(C)C)c3)c2)nc2ccc(C#N)cc21. The number of nitriles is 2. The van der Waals surface area contributed by atoms with E-state index in [9.17, 15) is 10.5 Å². The van der Waals surface area contributed by atoms with Gasteiger partial charge in [0.15, 0.2) is 0 Å². The Morgan fingerprint density at radius 3 is 1.07 bits per heavy atom. The van der Waals surface area contributed by atoms with Crippen LogP contribution >= 0.6 is 0 Å². The van der Waals surface area contributed by atoms with Crippen LogP contribution in [-0.2, 0) is 0 Å². The highest BCUT2D eigenvalue weighted by molar-refractivity contribution is 5.88. The number of imidazole rings is 2. The monoisotopic (exact) mass is 924 g/mol. The van der Waals surface area contributed by atoms with E-state index in [4.69, 9.17) is 14.7 Å². The first-order chi connectivity index (χ1) is 34.4. The number of benzene rings is 8. The maximum Gasteiger partial charge on any atom is 0.145 e. The second-order valence-corrected chi connectivity index (χ2v) is 19.7. The smallest absolute Gasteiger partial charge is 0.145 e. The van der Waals surface area contributed by atoms with Crippen LogP contribution in [0.5, 0.6) is 11.5 Å². The lowest BCUT2D eigenvalue weighted by atomic mass is 9.88. The molecule has 0 fully saturated rings. The van der Waals surface area contributed by atoms with Gasteiger partial charge in [0, 0.05) is 11.1 Å². The van der Waals surface area contributed by atoms with Gasteiger partial charge in [-0.2, -0.15) is 10.5 Å². The van der Waals surface area contributed by atoms with Crippen molar-refractivity contribution in [2.24, 2.45) is 0 Å². The Morgan fingerprint density at radius 1 is 0.380 bits per heavy atom. The van der Waals surface area contributed by atoms with Crippen LogP contribution in [0.4, 0.5) is 0 Å². The van der Waals surface area contributed by atoms with Gasteiger partial charge in [-0.25, -0.2) is 9.97 Å². The van der Waals surface area contributed by atoms with Crippen molar-refractivity contribution in [3.05, 3.63) is 203 Å². The van der Waals surface area contributed by atoms with Gasteiger partial charge in [0.25, 0.3) is 0 Å². The number of hydrogen-bond donors (Lipinski definition) is 0. The minimum Gasteiger partial charge on any atom is -0.457 e. The van der Waals surface area contributed by atoms with E-state index in [1.807, 2.05) is 60.7 Å². The normalized spacial score (nSPS) is 11.6. The first-order valence-electron chi connectivity index (χ1n) is 24.6. The van der Waals surface area contributed by atoms with E-state index in [-0.39, 0.29) is 23.7 Å².